The van der Waals surface area contributed by atoms with Crippen molar-refractivity contribution in [2.24, 2.45) is 0 Å². The van der Waals surface area contributed by atoms with E-state index in [-0.39, 0.29) is 12.1 Å². The Morgan fingerprint density at radius 1 is 1.04 bits per heavy atom. The monoisotopic (exact) mass is 358 g/mol. The summed E-state index contributed by atoms with van der Waals surface area (Å²) in [5, 5.41) is 11.2. The normalized spacial score (nSPS) is 24.6. The third-order valence-electron chi connectivity index (χ3n) is 5.41. The van der Waals surface area contributed by atoms with Gasteiger partial charge in [-0.05, 0) is 30.4 Å². The van der Waals surface area contributed by atoms with Crippen molar-refractivity contribution < 1.29 is 5.11 Å². The van der Waals surface area contributed by atoms with Crippen LogP contribution in [0.25, 0.3) is 0 Å². The molecule has 1 fully saturated rings. The van der Waals surface area contributed by atoms with Gasteiger partial charge >= 0.3 is 0 Å². The lowest BCUT2D eigenvalue weighted by molar-refractivity contribution is 0.0394. The van der Waals surface area contributed by atoms with Crippen molar-refractivity contribution in [1.29, 1.82) is 0 Å². The van der Waals surface area contributed by atoms with E-state index in [0.717, 1.165) is 51.3 Å². The minimum Gasteiger partial charge on any atom is -0.391 e. The molecule has 0 bridgehead atoms. The van der Waals surface area contributed by atoms with E-state index in [2.05, 4.69) is 44.0 Å². The van der Waals surface area contributed by atoms with Gasteiger partial charge in [-0.1, -0.05) is 35.9 Å². The molecule has 0 unspecified atom stereocenters. The molecular weight excluding hydrogens is 336 g/mol. The van der Waals surface area contributed by atoms with Crippen LogP contribution in [0.5, 0.6) is 0 Å². The van der Waals surface area contributed by atoms with Crippen LogP contribution in [0.1, 0.15) is 24.0 Å². The average Bonchev–Trinajstić information content (AvgIpc) is 2.83. The molecule has 1 saturated heterocycles. The van der Waals surface area contributed by atoms with E-state index in [0.29, 0.717) is 5.15 Å². The number of hydrogen-bond acceptors (Lipinski definition) is 5. The summed E-state index contributed by atoms with van der Waals surface area (Å²) in [7, 11) is 0. The van der Waals surface area contributed by atoms with E-state index >= 15 is 0 Å². The van der Waals surface area contributed by atoms with E-state index in [1.807, 2.05) is 0 Å². The number of fused-ring (bicyclic) bond motifs is 1. The Hall–Kier alpha value is -1.69. The molecule has 4 rings (SSSR count). The number of aliphatic hydroxyl groups is 1. The van der Waals surface area contributed by atoms with Crippen LogP contribution in [0.2, 0.25) is 5.15 Å². The highest BCUT2D eigenvalue weighted by Crippen LogP contribution is 2.27. The zero-order valence-corrected chi connectivity index (χ0v) is 14.9. The van der Waals surface area contributed by atoms with Gasteiger partial charge in [0.05, 0.1) is 6.10 Å². The molecule has 0 spiro atoms. The van der Waals surface area contributed by atoms with Gasteiger partial charge in [0.15, 0.2) is 0 Å². The molecule has 5 nitrogen and oxygen atoms in total. The maximum absolute atomic E-state index is 10.7. The SMILES string of the molecule is O[C@H]1CCN(c2cc(Cl)ncn2)CC[C@@H]1N1CCc2ccccc2C1. The highest BCUT2D eigenvalue weighted by molar-refractivity contribution is 6.29. The Kier molecular flexibility index (Phi) is 4.88. The van der Waals surface area contributed by atoms with Crippen LogP contribution in [0, 0.1) is 0 Å². The fraction of sp³-hybridized carbons (Fsp3) is 0.474. The molecule has 2 atom stereocenters. The summed E-state index contributed by atoms with van der Waals surface area (Å²) in [5.74, 6) is 0.844. The van der Waals surface area contributed by atoms with Crippen molar-refractivity contribution in [2.45, 2.75) is 38.0 Å². The van der Waals surface area contributed by atoms with Gasteiger partial charge in [-0.15, -0.1) is 0 Å². The fourth-order valence-corrected chi connectivity index (χ4v) is 4.17. The van der Waals surface area contributed by atoms with Crippen LogP contribution < -0.4 is 4.90 Å². The van der Waals surface area contributed by atoms with Gasteiger partial charge in [-0.25, -0.2) is 9.97 Å². The molecule has 2 aromatic rings. The summed E-state index contributed by atoms with van der Waals surface area (Å²) in [6.07, 6.45) is 3.91. The molecule has 1 aromatic carbocycles. The van der Waals surface area contributed by atoms with Crippen molar-refractivity contribution in [3.05, 3.63) is 52.9 Å². The van der Waals surface area contributed by atoms with E-state index in [4.69, 9.17) is 11.6 Å². The van der Waals surface area contributed by atoms with E-state index in [9.17, 15) is 5.11 Å². The summed E-state index contributed by atoms with van der Waals surface area (Å²) >= 11 is 6.00. The zero-order valence-electron chi connectivity index (χ0n) is 14.2. The molecule has 2 aliphatic heterocycles. The molecule has 2 aliphatic rings. The van der Waals surface area contributed by atoms with E-state index in [1.54, 1.807) is 6.07 Å². The van der Waals surface area contributed by atoms with Crippen LogP contribution in [0.3, 0.4) is 0 Å². The molecule has 1 N–H and O–H groups in total. The predicted octanol–water partition coefficient (Wildman–Crippen LogP) is 2.52. The molecule has 0 amide bonds. The quantitative estimate of drug-likeness (QED) is 0.836. The first-order valence-electron chi connectivity index (χ1n) is 8.92. The molecule has 132 valence electrons. The van der Waals surface area contributed by atoms with Gasteiger partial charge in [0.2, 0.25) is 0 Å². The van der Waals surface area contributed by atoms with Crippen LogP contribution in [-0.4, -0.2) is 51.8 Å². The number of rotatable bonds is 2. The molecule has 1 aromatic heterocycles. The second-order valence-electron chi connectivity index (χ2n) is 6.89. The zero-order chi connectivity index (χ0) is 17.2. The summed E-state index contributed by atoms with van der Waals surface area (Å²) in [5.41, 5.74) is 2.84. The van der Waals surface area contributed by atoms with Crippen LogP contribution in [-0.2, 0) is 13.0 Å². The Bertz CT molecular complexity index is 741. The Morgan fingerprint density at radius 3 is 2.68 bits per heavy atom. The summed E-state index contributed by atoms with van der Waals surface area (Å²) in [6.45, 7) is 3.60. The van der Waals surface area contributed by atoms with Gasteiger partial charge in [-0.2, -0.15) is 0 Å². The topological polar surface area (TPSA) is 52.5 Å². The second kappa shape index (κ2) is 7.28. The number of anilines is 1. The minimum absolute atomic E-state index is 0.190. The lowest BCUT2D eigenvalue weighted by Crippen LogP contribution is -2.46. The molecule has 0 radical (unpaired) electrons. The molecule has 3 heterocycles. The van der Waals surface area contributed by atoms with Crippen molar-refractivity contribution in [2.75, 3.05) is 24.5 Å². The maximum atomic E-state index is 10.7. The van der Waals surface area contributed by atoms with Gasteiger partial charge in [0.1, 0.15) is 17.3 Å². The van der Waals surface area contributed by atoms with Crippen molar-refractivity contribution in [3.8, 4) is 0 Å². The van der Waals surface area contributed by atoms with Gasteiger partial charge in [0.25, 0.3) is 0 Å². The number of halogens is 1. The number of aliphatic hydroxyl groups excluding tert-OH is 1. The van der Waals surface area contributed by atoms with Crippen molar-refractivity contribution >= 4 is 17.4 Å². The minimum atomic E-state index is -0.312. The lowest BCUT2D eigenvalue weighted by atomic mass is 9.96. The number of aromatic nitrogens is 2. The third-order valence-corrected chi connectivity index (χ3v) is 5.61. The molecule has 0 aliphatic carbocycles. The van der Waals surface area contributed by atoms with Crippen molar-refractivity contribution in [1.82, 2.24) is 14.9 Å². The first kappa shape index (κ1) is 16.8. The van der Waals surface area contributed by atoms with E-state index in [1.165, 1.54) is 17.5 Å². The third kappa shape index (κ3) is 3.64. The van der Waals surface area contributed by atoms with Gasteiger partial charge < -0.3 is 10.0 Å². The highest BCUT2D eigenvalue weighted by atomic mass is 35.5. The molecule has 0 saturated carbocycles. The Morgan fingerprint density at radius 2 is 1.84 bits per heavy atom. The second-order valence-corrected chi connectivity index (χ2v) is 7.27. The van der Waals surface area contributed by atoms with Crippen LogP contribution in [0.4, 0.5) is 5.82 Å². The van der Waals surface area contributed by atoms with Crippen molar-refractivity contribution in [3.63, 3.8) is 0 Å². The van der Waals surface area contributed by atoms with E-state index < -0.39 is 0 Å². The Labute approximate surface area is 153 Å². The van der Waals surface area contributed by atoms with Crippen LogP contribution >= 0.6 is 11.6 Å². The molecular formula is C19H23ClN4O. The van der Waals surface area contributed by atoms with Gasteiger partial charge in [-0.3, -0.25) is 4.90 Å². The highest BCUT2D eigenvalue weighted by Gasteiger charge is 2.31. The summed E-state index contributed by atoms with van der Waals surface area (Å²) in [4.78, 5) is 12.9. The first-order valence-corrected chi connectivity index (χ1v) is 9.30. The van der Waals surface area contributed by atoms with Crippen LogP contribution in [0.15, 0.2) is 36.7 Å². The molecule has 6 heteroatoms. The Balaban J connectivity index is 1.47. The first-order chi connectivity index (χ1) is 12.2. The largest absolute Gasteiger partial charge is 0.391 e. The summed E-state index contributed by atoms with van der Waals surface area (Å²) in [6, 6.07) is 10.6. The number of benzene rings is 1. The number of hydrogen-bond donors (Lipinski definition) is 1. The smallest absolute Gasteiger partial charge is 0.134 e. The fourth-order valence-electron chi connectivity index (χ4n) is 4.03. The maximum Gasteiger partial charge on any atom is 0.134 e. The number of nitrogens with zero attached hydrogens (tertiary/aromatic N) is 4. The standard InChI is InChI=1S/C19H23ClN4O/c20-18-11-19(22-13-21-18)23-9-6-16(17(25)7-10-23)24-8-5-14-3-1-2-4-15(14)12-24/h1-4,11,13,16-17,25H,5-10,12H2/t16-,17-/m0/s1. The summed E-state index contributed by atoms with van der Waals surface area (Å²) < 4.78 is 0. The predicted molar refractivity (Wildman–Crippen MR) is 98.8 cm³/mol. The lowest BCUT2D eigenvalue weighted by Gasteiger charge is -2.37. The average molecular weight is 359 g/mol. The van der Waals surface area contributed by atoms with Gasteiger partial charge in [0, 0.05) is 38.3 Å². The molecule has 25 heavy (non-hydrogen) atoms.